The summed E-state index contributed by atoms with van der Waals surface area (Å²) in [7, 11) is 0. The predicted octanol–water partition coefficient (Wildman–Crippen LogP) is 1.51. The van der Waals surface area contributed by atoms with E-state index >= 15 is 0 Å². The van der Waals surface area contributed by atoms with Crippen LogP contribution in [0.2, 0.25) is 0 Å². The molecule has 2 rings (SSSR count). The Kier molecular flexibility index (Phi) is 4.84. The number of fused-ring (bicyclic) bond motifs is 1. The van der Waals surface area contributed by atoms with E-state index in [0.717, 1.165) is 0 Å². The van der Waals surface area contributed by atoms with E-state index in [2.05, 4.69) is 4.98 Å². The van der Waals surface area contributed by atoms with E-state index in [4.69, 9.17) is 0 Å². The van der Waals surface area contributed by atoms with Gasteiger partial charge in [-0.15, -0.1) is 0 Å². The smallest absolute Gasteiger partial charge is 0.347 e. The molecule has 122 valence electrons. The molecule has 0 saturated heterocycles. The van der Waals surface area contributed by atoms with E-state index in [0.29, 0.717) is 28.6 Å². The van der Waals surface area contributed by atoms with Gasteiger partial charge in [0.2, 0.25) is 5.91 Å². The highest BCUT2D eigenvalue weighted by molar-refractivity contribution is 7.99. The van der Waals surface area contributed by atoms with Gasteiger partial charge in [-0.2, -0.15) is 13.2 Å². The average molecular weight is 335 g/mol. The number of carbonyl (C=O) groups excluding carboxylic acids is 1. The molecule has 2 heterocycles. The van der Waals surface area contributed by atoms with Crippen molar-refractivity contribution in [2.75, 3.05) is 12.3 Å². The van der Waals surface area contributed by atoms with Gasteiger partial charge in [-0.1, -0.05) is 18.7 Å². The number of rotatable bonds is 3. The second-order valence-corrected chi connectivity index (χ2v) is 6.06. The van der Waals surface area contributed by atoms with Gasteiger partial charge in [-0.05, 0) is 13.3 Å². The standard InChI is InChI=1S/C13H16F3N3O2S/c1-3-9-7(2)18-12-19(11(9)21)4-8(5-22-12)10(20)17-6-13(14,15)16/h8H,3-6H2,1-2H3,(H,17,20)/t8-/m1/s1. The molecular weight excluding hydrogens is 319 g/mol. The number of hydrogen-bond donors (Lipinski definition) is 1. The number of halogens is 3. The molecule has 1 N–H and O–H groups in total. The van der Waals surface area contributed by atoms with Crippen molar-refractivity contribution in [3.63, 3.8) is 0 Å². The van der Waals surface area contributed by atoms with Crippen molar-refractivity contribution >= 4 is 17.7 Å². The topological polar surface area (TPSA) is 64.0 Å². The number of aryl methyl sites for hydroxylation is 1. The summed E-state index contributed by atoms with van der Waals surface area (Å²) in [5.41, 5.74) is 1.01. The maximum atomic E-state index is 12.3. The summed E-state index contributed by atoms with van der Waals surface area (Å²) in [6.45, 7) is 2.29. The highest BCUT2D eigenvalue weighted by Crippen LogP contribution is 2.26. The summed E-state index contributed by atoms with van der Waals surface area (Å²) in [6.07, 6.45) is -3.92. The van der Waals surface area contributed by atoms with Crippen molar-refractivity contribution in [3.05, 3.63) is 21.6 Å². The van der Waals surface area contributed by atoms with E-state index in [1.165, 1.54) is 16.3 Å². The fourth-order valence-electron chi connectivity index (χ4n) is 2.29. The van der Waals surface area contributed by atoms with E-state index in [-0.39, 0.29) is 12.1 Å². The monoisotopic (exact) mass is 335 g/mol. The molecule has 1 amide bonds. The number of amides is 1. The Morgan fingerprint density at radius 2 is 2.18 bits per heavy atom. The molecule has 0 spiro atoms. The van der Waals surface area contributed by atoms with Gasteiger partial charge in [-0.25, -0.2) is 4.98 Å². The summed E-state index contributed by atoms with van der Waals surface area (Å²) >= 11 is 1.22. The third-order valence-corrected chi connectivity index (χ3v) is 4.58. The predicted molar refractivity (Wildman–Crippen MR) is 75.9 cm³/mol. The SMILES string of the molecule is CCc1c(C)nc2n(c1=O)C[C@@H](C(=O)NCC(F)(F)F)CS2. The molecule has 0 aromatic carbocycles. The molecule has 5 nitrogen and oxygen atoms in total. The number of nitrogens with zero attached hydrogens (tertiary/aromatic N) is 2. The van der Waals surface area contributed by atoms with Gasteiger partial charge in [-0.3, -0.25) is 14.2 Å². The van der Waals surface area contributed by atoms with Crippen LogP contribution in [0.1, 0.15) is 18.2 Å². The van der Waals surface area contributed by atoms with Gasteiger partial charge in [0.15, 0.2) is 5.16 Å². The molecule has 0 unspecified atom stereocenters. The number of thioether (sulfide) groups is 1. The van der Waals surface area contributed by atoms with Gasteiger partial charge in [0, 0.05) is 23.6 Å². The van der Waals surface area contributed by atoms with Crippen molar-refractivity contribution in [1.29, 1.82) is 0 Å². The lowest BCUT2D eigenvalue weighted by molar-refractivity contribution is -0.140. The molecule has 1 aromatic rings. The maximum Gasteiger partial charge on any atom is 0.405 e. The van der Waals surface area contributed by atoms with Gasteiger partial charge >= 0.3 is 6.18 Å². The first kappa shape index (κ1) is 16.9. The van der Waals surface area contributed by atoms with Crippen LogP contribution in [0.25, 0.3) is 0 Å². The zero-order valence-electron chi connectivity index (χ0n) is 12.2. The summed E-state index contributed by atoms with van der Waals surface area (Å²) in [4.78, 5) is 28.5. The third-order valence-electron chi connectivity index (χ3n) is 3.44. The van der Waals surface area contributed by atoms with E-state index in [9.17, 15) is 22.8 Å². The minimum atomic E-state index is -4.44. The Morgan fingerprint density at radius 3 is 2.77 bits per heavy atom. The first-order chi connectivity index (χ1) is 10.2. The second kappa shape index (κ2) is 6.31. The van der Waals surface area contributed by atoms with Crippen LogP contribution in [-0.4, -0.2) is 33.9 Å². The third kappa shape index (κ3) is 3.63. The highest BCUT2D eigenvalue weighted by atomic mass is 32.2. The Hall–Kier alpha value is -1.51. The molecule has 0 saturated carbocycles. The fraction of sp³-hybridized carbons (Fsp3) is 0.615. The summed E-state index contributed by atoms with van der Waals surface area (Å²) in [6, 6.07) is 0. The molecule has 1 atom stereocenters. The molecule has 22 heavy (non-hydrogen) atoms. The molecule has 0 radical (unpaired) electrons. The Labute approximate surface area is 129 Å². The largest absolute Gasteiger partial charge is 0.405 e. The quantitative estimate of drug-likeness (QED) is 0.851. The molecule has 0 aliphatic carbocycles. The minimum absolute atomic E-state index is 0.0607. The molecule has 0 bridgehead atoms. The highest BCUT2D eigenvalue weighted by Gasteiger charge is 2.32. The molecule has 1 aromatic heterocycles. The molecule has 1 aliphatic rings. The van der Waals surface area contributed by atoms with Crippen LogP contribution < -0.4 is 10.9 Å². The number of nitrogens with one attached hydrogen (secondary N) is 1. The van der Waals surface area contributed by atoms with E-state index < -0.39 is 24.5 Å². The lowest BCUT2D eigenvalue weighted by Crippen LogP contribution is -2.43. The fourth-order valence-corrected chi connectivity index (χ4v) is 3.41. The Balaban J connectivity index is 2.17. The lowest BCUT2D eigenvalue weighted by atomic mass is 10.1. The Morgan fingerprint density at radius 1 is 1.50 bits per heavy atom. The van der Waals surface area contributed by atoms with Gasteiger partial charge in [0.1, 0.15) is 6.54 Å². The second-order valence-electron chi connectivity index (χ2n) is 5.07. The van der Waals surface area contributed by atoms with Gasteiger partial charge in [0.05, 0.1) is 5.92 Å². The van der Waals surface area contributed by atoms with Crippen LogP contribution >= 0.6 is 11.8 Å². The first-order valence-corrected chi connectivity index (χ1v) is 7.79. The summed E-state index contributed by atoms with van der Waals surface area (Å²) < 4.78 is 37.8. The zero-order valence-corrected chi connectivity index (χ0v) is 13.0. The molecule has 9 heteroatoms. The maximum absolute atomic E-state index is 12.3. The van der Waals surface area contributed by atoms with Crippen LogP contribution in [0.5, 0.6) is 0 Å². The van der Waals surface area contributed by atoms with Crippen LogP contribution in [0.4, 0.5) is 13.2 Å². The van der Waals surface area contributed by atoms with Crippen LogP contribution in [0, 0.1) is 12.8 Å². The molecule has 0 fully saturated rings. The number of alkyl halides is 3. The normalized spacial score (nSPS) is 18.0. The average Bonchev–Trinajstić information content (AvgIpc) is 2.44. The number of carbonyl (C=O) groups is 1. The van der Waals surface area contributed by atoms with Crippen molar-refractivity contribution in [3.8, 4) is 0 Å². The lowest BCUT2D eigenvalue weighted by Gasteiger charge is -2.25. The van der Waals surface area contributed by atoms with Crippen LogP contribution in [0.15, 0.2) is 9.95 Å². The Bertz CT molecular complexity index is 643. The van der Waals surface area contributed by atoms with E-state index in [1.54, 1.807) is 6.92 Å². The van der Waals surface area contributed by atoms with Crippen LogP contribution in [0.3, 0.4) is 0 Å². The first-order valence-electron chi connectivity index (χ1n) is 6.80. The van der Waals surface area contributed by atoms with Crippen molar-refractivity contribution in [2.45, 2.75) is 38.1 Å². The van der Waals surface area contributed by atoms with Crippen molar-refractivity contribution in [1.82, 2.24) is 14.9 Å². The van der Waals surface area contributed by atoms with Crippen molar-refractivity contribution in [2.24, 2.45) is 5.92 Å². The summed E-state index contributed by atoms with van der Waals surface area (Å²) in [5.74, 6) is -1.06. The molecule has 1 aliphatic heterocycles. The van der Waals surface area contributed by atoms with Crippen LogP contribution in [-0.2, 0) is 17.8 Å². The van der Waals surface area contributed by atoms with Crippen molar-refractivity contribution < 1.29 is 18.0 Å². The summed E-state index contributed by atoms with van der Waals surface area (Å²) in [5, 5.41) is 2.38. The van der Waals surface area contributed by atoms with E-state index in [1.807, 2.05) is 12.2 Å². The van der Waals surface area contributed by atoms with Gasteiger partial charge in [0.25, 0.3) is 5.56 Å². The zero-order chi connectivity index (χ0) is 16.5. The minimum Gasteiger partial charge on any atom is -0.347 e. The van der Waals surface area contributed by atoms with Gasteiger partial charge < -0.3 is 5.32 Å². The number of hydrogen-bond acceptors (Lipinski definition) is 4. The number of aromatic nitrogens is 2. The molecular formula is C13H16F3N3O2S.